The molecule has 2 aromatic rings. The number of primary amides is 1. The lowest BCUT2D eigenvalue weighted by Crippen LogP contribution is -2.40. The van der Waals surface area contributed by atoms with Crippen LogP contribution in [0.5, 0.6) is 5.75 Å². The van der Waals surface area contributed by atoms with Gasteiger partial charge in [0.05, 0.1) is 12.1 Å². The van der Waals surface area contributed by atoms with Crippen molar-refractivity contribution in [3.8, 4) is 5.75 Å². The second-order valence-corrected chi connectivity index (χ2v) is 5.19. The fraction of sp³-hybridized carbons (Fsp3) is 0.176. The van der Waals surface area contributed by atoms with Gasteiger partial charge in [0.15, 0.2) is 0 Å². The number of nitrogens with one attached hydrogen (secondary N) is 1. The molecule has 1 atom stereocenters. The lowest BCUT2D eigenvalue weighted by molar-refractivity contribution is -0.125. The SMILES string of the molecule is NC(=O)C(O)CNC(=O)c1ccc(OCc2cccc(F)c2)cc1F. The van der Waals surface area contributed by atoms with Crippen molar-refractivity contribution in [3.63, 3.8) is 0 Å². The Labute approximate surface area is 142 Å². The van der Waals surface area contributed by atoms with Crippen LogP contribution in [0.2, 0.25) is 0 Å². The van der Waals surface area contributed by atoms with Crippen LogP contribution < -0.4 is 15.8 Å². The Morgan fingerprint density at radius 2 is 1.96 bits per heavy atom. The number of halogens is 2. The highest BCUT2D eigenvalue weighted by Gasteiger charge is 2.16. The van der Waals surface area contributed by atoms with Gasteiger partial charge in [-0.1, -0.05) is 12.1 Å². The summed E-state index contributed by atoms with van der Waals surface area (Å²) in [6.45, 7) is -0.390. The topological polar surface area (TPSA) is 102 Å². The molecule has 8 heteroatoms. The maximum absolute atomic E-state index is 14.0. The second kappa shape index (κ2) is 8.20. The molecule has 0 spiro atoms. The molecule has 6 nitrogen and oxygen atoms in total. The van der Waals surface area contributed by atoms with Gasteiger partial charge in [0, 0.05) is 6.07 Å². The molecule has 0 bridgehead atoms. The van der Waals surface area contributed by atoms with Crippen LogP contribution in [-0.4, -0.2) is 29.6 Å². The maximum atomic E-state index is 14.0. The van der Waals surface area contributed by atoms with Crippen LogP contribution in [-0.2, 0) is 11.4 Å². The van der Waals surface area contributed by atoms with Gasteiger partial charge in [-0.15, -0.1) is 0 Å². The number of carbonyl (C=O) groups excluding carboxylic acids is 2. The molecule has 0 saturated heterocycles. The molecule has 0 heterocycles. The molecule has 2 aromatic carbocycles. The van der Waals surface area contributed by atoms with Gasteiger partial charge in [-0.05, 0) is 29.8 Å². The van der Waals surface area contributed by atoms with E-state index in [0.717, 1.165) is 6.07 Å². The standard InChI is InChI=1S/C17H16F2N2O4/c18-11-3-1-2-10(6-11)9-25-12-4-5-13(14(19)7-12)17(24)21-8-15(22)16(20)23/h1-7,15,22H,8-9H2,(H2,20,23)(H,21,24). The quantitative estimate of drug-likeness (QED) is 0.696. The number of hydrogen-bond acceptors (Lipinski definition) is 4. The van der Waals surface area contributed by atoms with Gasteiger partial charge in [0.2, 0.25) is 5.91 Å². The lowest BCUT2D eigenvalue weighted by Gasteiger charge is -2.11. The average molecular weight is 350 g/mol. The molecule has 1 unspecified atom stereocenters. The van der Waals surface area contributed by atoms with E-state index in [4.69, 9.17) is 10.5 Å². The fourth-order valence-corrected chi connectivity index (χ4v) is 1.95. The Kier molecular flexibility index (Phi) is 6.02. The first-order valence-corrected chi connectivity index (χ1v) is 7.29. The number of rotatable bonds is 7. The van der Waals surface area contributed by atoms with Crippen molar-refractivity contribution in [2.45, 2.75) is 12.7 Å². The van der Waals surface area contributed by atoms with Gasteiger partial charge in [0.1, 0.15) is 30.1 Å². The molecular weight excluding hydrogens is 334 g/mol. The number of nitrogens with two attached hydrogens (primary N) is 1. The number of hydrogen-bond donors (Lipinski definition) is 3. The molecule has 0 aliphatic heterocycles. The van der Waals surface area contributed by atoms with Gasteiger partial charge in [-0.2, -0.15) is 0 Å². The molecule has 2 rings (SSSR count). The highest BCUT2D eigenvalue weighted by Crippen LogP contribution is 2.18. The molecule has 4 N–H and O–H groups in total. The van der Waals surface area contributed by atoms with E-state index >= 15 is 0 Å². The number of aliphatic hydroxyl groups is 1. The third kappa shape index (κ3) is 5.25. The van der Waals surface area contributed by atoms with Crippen molar-refractivity contribution in [2.24, 2.45) is 5.73 Å². The maximum Gasteiger partial charge on any atom is 0.254 e. The van der Waals surface area contributed by atoms with Crippen molar-refractivity contribution in [2.75, 3.05) is 6.54 Å². The molecule has 0 radical (unpaired) electrons. The third-order valence-corrected chi connectivity index (χ3v) is 3.26. The van der Waals surface area contributed by atoms with Crippen molar-refractivity contribution in [1.29, 1.82) is 0 Å². The average Bonchev–Trinajstić information content (AvgIpc) is 2.57. The van der Waals surface area contributed by atoms with Crippen LogP contribution in [0.3, 0.4) is 0 Å². The first-order chi connectivity index (χ1) is 11.9. The molecular formula is C17H16F2N2O4. The summed E-state index contributed by atoms with van der Waals surface area (Å²) in [5, 5.41) is 11.4. The molecule has 0 saturated carbocycles. The number of amides is 2. The Morgan fingerprint density at radius 3 is 2.60 bits per heavy atom. The van der Waals surface area contributed by atoms with Gasteiger partial charge < -0.3 is 20.9 Å². The van der Waals surface area contributed by atoms with Crippen LogP contribution in [0.15, 0.2) is 42.5 Å². The predicted molar refractivity (Wildman–Crippen MR) is 84.7 cm³/mol. The Morgan fingerprint density at radius 1 is 1.20 bits per heavy atom. The van der Waals surface area contributed by atoms with Crippen molar-refractivity contribution in [3.05, 3.63) is 65.2 Å². The summed E-state index contributed by atoms with van der Waals surface area (Å²) in [6, 6.07) is 9.37. The first kappa shape index (κ1) is 18.3. The molecule has 25 heavy (non-hydrogen) atoms. The number of benzene rings is 2. The van der Waals surface area contributed by atoms with E-state index in [1.807, 2.05) is 0 Å². The first-order valence-electron chi connectivity index (χ1n) is 7.29. The van der Waals surface area contributed by atoms with E-state index in [-0.39, 0.29) is 17.9 Å². The number of ether oxygens (including phenoxy) is 1. The van der Waals surface area contributed by atoms with Gasteiger partial charge in [0.25, 0.3) is 5.91 Å². The molecule has 2 amide bonds. The van der Waals surface area contributed by atoms with E-state index in [1.54, 1.807) is 6.07 Å². The molecule has 0 fully saturated rings. The minimum Gasteiger partial charge on any atom is -0.489 e. The summed E-state index contributed by atoms with van der Waals surface area (Å²) in [7, 11) is 0. The summed E-state index contributed by atoms with van der Waals surface area (Å²) >= 11 is 0. The van der Waals surface area contributed by atoms with E-state index in [9.17, 15) is 23.5 Å². The summed E-state index contributed by atoms with van der Waals surface area (Å²) in [4.78, 5) is 22.5. The number of aliphatic hydroxyl groups excluding tert-OH is 1. The molecule has 0 aliphatic rings. The van der Waals surface area contributed by atoms with Crippen molar-refractivity contribution in [1.82, 2.24) is 5.32 Å². The normalized spacial score (nSPS) is 11.6. The highest BCUT2D eigenvalue weighted by molar-refractivity contribution is 5.95. The minimum atomic E-state index is -1.55. The molecule has 0 aliphatic carbocycles. The summed E-state index contributed by atoms with van der Waals surface area (Å²) < 4.78 is 32.4. The molecule has 0 aromatic heterocycles. The van der Waals surface area contributed by atoms with E-state index < -0.39 is 36.1 Å². The summed E-state index contributed by atoms with van der Waals surface area (Å²) in [5.41, 5.74) is 5.14. The molecule has 132 valence electrons. The largest absolute Gasteiger partial charge is 0.489 e. The highest BCUT2D eigenvalue weighted by atomic mass is 19.1. The van der Waals surface area contributed by atoms with Crippen molar-refractivity contribution < 1.29 is 28.2 Å². The smallest absolute Gasteiger partial charge is 0.254 e. The van der Waals surface area contributed by atoms with Gasteiger partial charge in [-0.25, -0.2) is 8.78 Å². The van der Waals surface area contributed by atoms with Gasteiger partial charge in [-0.3, -0.25) is 9.59 Å². The van der Waals surface area contributed by atoms with E-state index in [1.165, 1.54) is 30.3 Å². The van der Waals surface area contributed by atoms with Crippen LogP contribution in [0.4, 0.5) is 8.78 Å². The van der Waals surface area contributed by atoms with Gasteiger partial charge >= 0.3 is 0 Å². The van der Waals surface area contributed by atoms with E-state index in [2.05, 4.69) is 5.32 Å². The van der Waals surface area contributed by atoms with Crippen molar-refractivity contribution >= 4 is 11.8 Å². The zero-order valence-electron chi connectivity index (χ0n) is 13.0. The zero-order valence-corrected chi connectivity index (χ0v) is 13.0. The zero-order chi connectivity index (χ0) is 18.4. The Balaban J connectivity index is 1.97. The lowest BCUT2D eigenvalue weighted by atomic mass is 10.2. The summed E-state index contributed by atoms with van der Waals surface area (Å²) in [5.74, 6) is -2.90. The minimum absolute atomic E-state index is 0.0353. The van der Waals surface area contributed by atoms with Crippen LogP contribution in [0.25, 0.3) is 0 Å². The monoisotopic (exact) mass is 350 g/mol. The Bertz CT molecular complexity index is 783. The van der Waals surface area contributed by atoms with Crippen LogP contribution in [0.1, 0.15) is 15.9 Å². The van der Waals surface area contributed by atoms with Crippen LogP contribution >= 0.6 is 0 Å². The second-order valence-electron chi connectivity index (χ2n) is 5.19. The third-order valence-electron chi connectivity index (χ3n) is 3.26. The number of carbonyl (C=O) groups is 2. The summed E-state index contributed by atoms with van der Waals surface area (Å²) in [6.07, 6.45) is -1.55. The predicted octanol–water partition coefficient (Wildman–Crippen LogP) is 1.12. The van der Waals surface area contributed by atoms with Crippen LogP contribution in [0, 0.1) is 11.6 Å². The Hall–Kier alpha value is -3.00. The fourth-order valence-electron chi connectivity index (χ4n) is 1.95. The van der Waals surface area contributed by atoms with E-state index in [0.29, 0.717) is 5.56 Å².